The first-order chi connectivity index (χ1) is 9.37. The van der Waals surface area contributed by atoms with Crippen molar-refractivity contribution in [1.82, 2.24) is 10.3 Å². The van der Waals surface area contributed by atoms with Crippen molar-refractivity contribution in [2.24, 2.45) is 0 Å². The molecule has 1 aromatic heterocycles. The maximum absolute atomic E-state index is 12.6. The van der Waals surface area contributed by atoms with Gasteiger partial charge in [-0.1, -0.05) is 18.2 Å². The van der Waals surface area contributed by atoms with E-state index in [1.165, 1.54) is 6.92 Å². The average molecular weight is 302 g/mol. The van der Waals surface area contributed by atoms with E-state index in [1.54, 1.807) is 24.3 Å². The number of rotatable bonds is 4. The van der Waals surface area contributed by atoms with Gasteiger partial charge in [0.05, 0.1) is 5.03 Å². The number of H-pyrrole nitrogens is 1. The first-order valence-electron chi connectivity index (χ1n) is 5.96. The Labute approximate surface area is 117 Å². The molecule has 0 unspecified atom stereocenters. The van der Waals surface area contributed by atoms with Crippen molar-refractivity contribution in [2.75, 3.05) is 6.54 Å². The van der Waals surface area contributed by atoms with Crippen LogP contribution in [0.15, 0.2) is 29.3 Å². The van der Waals surface area contributed by atoms with E-state index in [1.807, 2.05) is 0 Å². The van der Waals surface area contributed by atoms with E-state index >= 15 is 0 Å². The molecule has 1 heterocycles. The predicted molar refractivity (Wildman–Crippen MR) is 72.6 cm³/mol. The highest BCUT2D eigenvalue weighted by atomic mass is 32.2. The number of halogens is 3. The Bertz CT molecular complexity index is 622. The number of para-hydroxylation sites is 1. The molecule has 0 radical (unpaired) electrons. The zero-order valence-electron chi connectivity index (χ0n) is 10.7. The summed E-state index contributed by atoms with van der Waals surface area (Å²) in [5.41, 5.74) is -3.10. The number of amides is 1. The monoisotopic (exact) mass is 302 g/mol. The minimum absolute atomic E-state index is 0.0871. The molecule has 0 aliphatic carbocycles. The molecule has 1 amide bonds. The molecule has 2 N–H and O–H groups in total. The third kappa shape index (κ3) is 3.69. The van der Waals surface area contributed by atoms with Crippen LogP contribution in [-0.2, 0) is 11.2 Å². The quantitative estimate of drug-likeness (QED) is 0.850. The van der Waals surface area contributed by atoms with Crippen LogP contribution in [0, 0.1) is 0 Å². The largest absolute Gasteiger partial charge is 0.447 e. The number of hydrogen-bond donors (Lipinski definition) is 2. The lowest BCUT2D eigenvalue weighted by atomic mass is 10.1. The van der Waals surface area contributed by atoms with Crippen molar-refractivity contribution in [3.63, 3.8) is 0 Å². The van der Waals surface area contributed by atoms with E-state index in [9.17, 15) is 18.0 Å². The lowest BCUT2D eigenvalue weighted by Gasteiger charge is -2.07. The average Bonchev–Trinajstić information content (AvgIpc) is 2.65. The van der Waals surface area contributed by atoms with Crippen LogP contribution in [0.2, 0.25) is 0 Å². The van der Waals surface area contributed by atoms with Crippen molar-refractivity contribution >= 4 is 28.6 Å². The normalized spacial score (nSPS) is 11.8. The fourth-order valence-corrected chi connectivity index (χ4v) is 2.72. The first kappa shape index (κ1) is 14.8. The van der Waals surface area contributed by atoms with E-state index < -0.39 is 5.51 Å². The molecule has 0 saturated carbocycles. The second-order valence-electron chi connectivity index (χ2n) is 4.26. The van der Waals surface area contributed by atoms with Gasteiger partial charge in [-0.2, -0.15) is 13.2 Å². The highest BCUT2D eigenvalue weighted by Crippen LogP contribution is 2.40. The van der Waals surface area contributed by atoms with Crippen molar-refractivity contribution in [2.45, 2.75) is 23.9 Å². The van der Waals surface area contributed by atoms with E-state index in [0.717, 1.165) is 5.39 Å². The number of carbonyl (C=O) groups is 1. The Hall–Kier alpha value is -1.63. The zero-order chi connectivity index (χ0) is 14.8. The van der Waals surface area contributed by atoms with Gasteiger partial charge in [0.2, 0.25) is 5.91 Å². The molecule has 1 aromatic carbocycles. The first-order valence-corrected chi connectivity index (χ1v) is 6.78. The molecule has 0 fully saturated rings. The number of benzene rings is 1. The van der Waals surface area contributed by atoms with Crippen molar-refractivity contribution < 1.29 is 18.0 Å². The van der Waals surface area contributed by atoms with Gasteiger partial charge in [-0.3, -0.25) is 4.79 Å². The fraction of sp³-hybridized carbons (Fsp3) is 0.308. The number of aromatic nitrogens is 1. The number of alkyl halides is 3. The highest BCUT2D eigenvalue weighted by molar-refractivity contribution is 8.00. The topological polar surface area (TPSA) is 44.9 Å². The van der Waals surface area contributed by atoms with Gasteiger partial charge in [-0.15, -0.1) is 0 Å². The minimum atomic E-state index is -4.34. The zero-order valence-corrected chi connectivity index (χ0v) is 11.5. The highest BCUT2D eigenvalue weighted by Gasteiger charge is 2.31. The number of carbonyl (C=O) groups excluding carboxylic acids is 1. The van der Waals surface area contributed by atoms with Crippen LogP contribution in [0.1, 0.15) is 12.5 Å². The Morgan fingerprint density at radius 3 is 2.70 bits per heavy atom. The molecule has 0 aliphatic rings. The molecule has 20 heavy (non-hydrogen) atoms. The second-order valence-corrected chi connectivity index (χ2v) is 5.33. The molecule has 0 spiro atoms. The summed E-state index contributed by atoms with van der Waals surface area (Å²) in [6, 6.07) is 7.05. The fourth-order valence-electron chi connectivity index (χ4n) is 1.99. The summed E-state index contributed by atoms with van der Waals surface area (Å²) in [5, 5.41) is 3.44. The van der Waals surface area contributed by atoms with Gasteiger partial charge in [0.15, 0.2) is 0 Å². The van der Waals surface area contributed by atoms with Crippen molar-refractivity contribution in [3.8, 4) is 0 Å². The molecule has 2 rings (SSSR count). The third-order valence-electron chi connectivity index (χ3n) is 2.74. The SMILES string of the molecule is CC(=O)NCCc1c(SC(F)(F)F)[nH]c2ccccc12. The lowest BCUT2D eigenvalue weighted by molar-refractivity contribution is -0.118. The Balaban J connectivity index is 2.32. The molecule has 108 valence electrons. The predicted octanol–water partition coefficient (Wildman–Crippen LogP) is 3.46. The summed E-state index contributed by atoms with van der Waals surface area (Å²) < 4.78 is 37.7. The summed E-state index contributed by atoms with van der Waals surface area (Å²) in [6.07, 6.45) is 0.349. The van der Waals surface area contributed by atoms with E-state index in [2.05, 4.69) is 10.3 Å². The standard InChI is InChI=1S/C13H13F3N2OS/c1-8(19)17-7-6-10-9-4-2-3-5-11(9)18-12(10)20-13(14,15)16/h2-5,18H,6-7H2,1H3,(H,17,19). The van der Waals surface area contributed by atoms with Gasteiger partial charge < -0.3 is 10.3 Å². The molecule has 3 nitrogen and oxygen atoms in total. The Kier molecular flexibility index (Phi) is 4.27. The van der Waals surface area contributed by atoms with Gasteiger partial charge in [-0.05, 0) is 18.1 Å². The molecule has 0 atom stereocenters. The van der Waals surface area contributed by atoms with Crippen LogP contribution >= 0.6 is 11.8 Å². The molecule has 2 aromatic rings. The van der Waals surface area contributed by atoms with Gasteiger partial charge >= 0.3 is 5.51 Å². The number of hydrogen-bond acceptors (Lipinski definition) is 2. The minimum Gasteiger partial charge on any atom is -0.356 e. The van der Waals surface area contributed by atoms with E-state index in [-0.39, 0.29) is 22.7 Å². The van der Waals surface area contributed by atoms with Gasteiger partial charge in [0, 0.05) is 36.1 Å². The summed E-state index contributed by atoms with van der Waals surface area (Å²) in [6.45, 7) is 1.68. The molecule has 0 bridgehead atoms. The van der Waals surface area contributed by atoms with Crippen LogP contribution < -0.4 is 5.32 Å². The Morgan fingerprint density at radius 2 is 2.05 bits per heavy atom. The lowest BCUT2D eigenvalue weighted by Crippen LogP contribution is -2.22. The number of nitrogens with one attached hydrogen (secondary N) is 2. The van der Waals surface area contributed by atoms with Crippen LogP contribution in [-0.4, -0.2) is 22.9 Å². The summed E-state index contributed by atoms with van der Waals surface area (Å²) in [4.78, 5) is 13.6. The van der Waals surface area contributed by atoms with Gasteiger partial charge in [0.1, 0.15) is 0 Å². The number of fused-ring (bicyclic) bond motifs is 1. The third-order valence-corrected chi connectivity index (χ3v) is 3.53. The molecule has 7 heteroatoms. The van der Waals surface area contributed by atoms with Crippen LogP contribution in [0.3, 0.4) is 0 Å². The summed E-state index contributed by atoms with van der Waals surface area (Å²) in [7, 11) is 0. The molecule has 0 aliphatic heterocycles. The van der Waals surface area contributed by atoms with Crippen LogP contribution in [0.4, 0.5) is 13.2 Å². The van der Waals surface area contributed by atoms with Gasteiger partial charge in [-0.25, -0.2) is 0 Å². The van der Waals surface area contributed by atoms with Crippen molar-refractivity contribution in [3.05, 3.63) is 29.8 Å². The summed E-state index contributed by atoms with van der Waals surface area (Å²) in [5.74, 6) is -0.199. The molecular formula is C13H13F3N2OS. The number of aromatic amines is 1. The molecule has 0 saturated heterocycles. The maximum Gasteiger partial charge on any atom is 0.447 e. The van der Waals surface area contributed by atoms with Crippen LogP contribution in [0.25, 0.3) is 10.9 Å². The number of thioether (sulfide) groups is 1. The van der Waals surface area contributed by atoms with Gasteiger partial charge in [0.25, 0.3) is 0 Å². The van der Waals surface area contributed by atoms with E-state index in [0.29, 0.717) is 24.0 Å². The van der Waals surface area contributed by atoms with E-state index in [4.69, 9.17) is 0 Å². The van der Waals surface area contributed by atoms with Crippen molar-refractivity contribution in [1.29, 1.82) is 0 Å². The van der Waals surface area contributed by atoms with Crippen LogP contribution in [0.5, 0.6) is 0 Å². The second kappa shape index (κ2) is 5.78. The maximum atomic E-state index is 12.6. The molecular weight excluding hydrogens is 289 g/mol. The smallest absolute Gasteiger partial charge is 0.356 e. The Morgan fingerprint density at radius 1 is 1.35 bits per heavy atom. The summed E-state index contributed by atoms with van der Waals surface area (Å²) >= 11 is -0.156.